The summed E-state index contributed by atoms with van der Waals surface area (Å²) in [5.41, 5.74) is 0.707. The van der Waals surface area contributed by atoms with Crippen molar-refractivity contribution < 1.29 is 18.7 Å². The third-order valence-electron chi connectivity index (χ3n) is 3.60. The van der Waals surface area contributed by atoms with Gasteiger partial charge in [0.05, 0.1) is 11.9 Å². The van der Waals surface area contributed by atoms with E-state index in [-0.39, 0.29) is 18.3 Å². The maximum absolute atomic E-state index is 13.4. The predicted molar refractivity (Wildman–Crippen MR) is 86.3 cm³/mol. The molecule has 2 heterocycles. The number of halogens is 1. The van der Waals surface area contributed by atoms with Crippen LogP contribution in [0.5, 0.6) is 5.75 Å². The summed E-state index contributed by atoms with van der Waals surface area (Å²) >= 11 is 0. The minimum absolute atomic E-state index is 0.0171. The highest BCUT2D eigenvalue weighted by Gasteiger charge is 2.21. The van der Waals surface area contributed by atoms with Crippen LogP contribution in [0.2, 0.25) is 0 Å². The number of ether oxygens (including phenoxy) is 1. The summed E-state index contributed by atoms with van der Waals surface area (Å²) in [7, 11) is 0. The van der Waals surface area contributed by atoms with Gasteiger partial charge in [-0.25, -0.2) is 9.37 Å². The Labute approximate surface area is 138 Å². The summed E-state index contributed by atoms with van der Waals surface area (Å²) in [4.78, 5) is 29.3. The van der Waals surface area contributed by atoms with E-state index in [1.165, 1.54) is 18.3 Å². The van der Waals surface area contributed by atoms with Crippen molar-refractivity contribution in [2.45, 2.75) is 12.8 Å². The molecule has 2 amide bonds. The van der Waals surface area contributed by atoms with E-state index < -0.39 is 11.7 Å². The van der Waals surface area contributed by atoms with Gasteiger partial charge >= 0.3 is 0 Å². The van der Waals surface area contributed by atoms with E-state index in [2.05, 4.69) is 10.3 Å². The number of hydrogen-bond acceptors (Lipinski definition) is 4. The molecule has 0 radical (unpaired) electrons. The number of amides is 2. The first-order valence-corrected chi connectivity index (χ1v) is 7.57. The molecule has 1 aromatic carbocycles. The molecule has 0 unspecified atom stereocenters. The SMILES string of the molecule is O=C(COc1ccccc1F)Nc1ccc(N2CCCC2=O)cn1. The molecule has 24 heavy (non-hydrogen) atoms. The zero-order valence-electron chi connectivity index (χ0n) is 12.9. The second-order valence-corrected chi connectivity index (χ2v) is 5.32. The molecule has 1 aliphatic heterocycles. The first-order valence-electron chi connectivity index (χ1n) is 7.57. The number of aromatic nitrogens is 1. The Morgan fingerprint density at radius 1 is 1.29 bits per heavy atom. The van der Waals surface area contributed by atoms with Crippen LogP contribution < -0.4 is 15.0 Å². The highest BCUT2D eigenvalue weighted by atomic mass is 19.1. The van der Waals surface area contributed by atoms with E-state index in [9.17, 15) is 14.0 Å². The van der Waals surface area contributed by atoms with Crippen LogP contribution >= 0.6 is 0 Å². The minimum Gasteiger partial charge on any atom is -0.481 e. The van der Waals surface area contributed by atoms with Gasteiger partial charge < -0.3 is 15.0 Å². The van der Waals surface area contributed by atoms with Crippen molar-refractivity contribution in [3.05, 3.63) is 48.4 Å². The summed E-state index contributed by atoms with van der Waals surface area (Å²) in [5, 5.41) is 2.56. The van der Waals surface area contributed by atoms with Crippen LogP contribution in [0.1, 0.15) is 12.8 Å². The van der Waals surface area contributed by atoms with E-state index in [0.717, 1.165) is 6.42 Å². The van der Waals surface area contributed by atoms with Gasteiger partial charge in [0.2, 0.25) is 5.91 Å². The lowest BCUT2D eigenvalue weighted by molar-refractivity contribution is -0.118. The Balaban J connectivity index is 1.55. The Kier molecular flexibility index (Phi) is 4.69. The lowest BCUT2D eigenvalue weighted by atomic mass is 10.3. The molecule has 1 aliphatic rings. The Hall–Kier alpha value is -2.96. The van der Waals surface area contributed by atoms with Crippen molar-refractivity contribution >= 4 is 23.3 Å². The van der Waals surface area contributed by atoms with Gasteiger partial charge in [-0.1, -0.05) is 12.1 Å². The first kappa shape index (κ1) is 15.9. The first-order chi connectivity index (χ1) is 11.6. The van der Waals surface area contributed by atoms with Crippen LogP contribution in [-0.2, 0) is 9.59 Å². The van der Waals surface area contributed by atoms with E-state index >= 15 is 0 Å². The average Bonchev–Trinajstić information content (AvgIpc) is 3.01. The van der Waals surface area contributed by atoms with E-state index in [0.29, 0.717) is 24.5 Å². The second-order valence-electron chi connectivity index (χ2n) is 5.32. The molecule has 1 fully saturated rings. The molecule has 0 saturated carbocycles. The van der Waals surface area contributed by atoms with Crippen LogP contribution in [-0.4, -0.2) is 29.9 Å². The maximum Gasteiger partial charge on any atom is 0.263 e. The summed E-state index contributed by atoms with van der Waals surface area (Å²) < 4.78 is 18.5. The summed E-state index contributed by atoms with van der Waals surface area (Å²) in [6.45, 7) is 0.359. The summed E-state index contributed by atoms with van der Waals surface area (Å²) in [5.74, 6) is -0.540. The number of pyridine rings is 1. The number of benzene rings is 1. The lowest BCUT2D eigenvalue weighted by Crippen LogP contribution is -2.24. The van der Waals surface area contributed by atoms with Crippen molar-refractivity contribution in [2.24, 2.45) is 0 Å². The van der Waals surface area contributed by atoms with Gasteiger partial charge in [-0.15, -0.1) is 0 Å². The summed E-state index contributed by atoms with van der Waals surface area (Å²) in [6, 6.07) is 9.20. The Morgan fingerprint density at radius 3 is 2.79 bits per heavy atom. The molecule has 1 aromatic heterocycles. The van der Waals surface area contributed by atoms with Crippen LogP contribution in [0.4, 0.5) is 15.9 Å². The van der Waals surface area contributed by atoms with Crippen molar-refractivity contribution in [1.29, 1.82) is 0 Å². The standard InChI is InChI=1S/C17H16FN3O3/c18-13-4-1-2-5-14(13)24-11-16(22)20-15-8-7-12(10-19-15)21-9-3-6-17(21)23/h1-2,4-5,7-8,10H,3,6,9,11H2,(H,19,20,22). The fourth-order valence-electron chi connectivity index (χ4n) is 2.42. The van der Waals surface area contributed by atoms with E-state index in [1.54, 1.807) is 29.2 Å². The van der Waals surface area contributed by atoms with Gasteiger partial charge in [-0.05, 0) is 30.7 Å². The molecule has 2 aromatic rings. The Bertz CT molecular complexity index is 749. The lowest BCUT2D eigenvalue weighted by Gasteiger charge is -2.15. The molecular weight excluding hydrogens is 313 g/mol. The van der Waals surface area contributed by atoms with Crippen LogP contribution in [0, 0.1) is 5.82 Å². The minimum atomic E-state index is -0.525. The second kappa shape index (κ2) is 7.08. The number of para-hydroxylation sites is 1. The van der Waals surface area contributed by atoms with Gasteiger partial charge in [0.15, 0.2) is 18.2 Å². The number of nitrogens with zero attached hydrogens (tertiary/aromatic N) is 2. The topological polar surface area (TPSA) is 71.5 Å². The van der Waals surface area contributed by atoms with Crippen molar-refractivity contribution in [3.8, 4) is 5.75 Å². The largest absolute Gasteiger partial charge is 0.481 e. The van der Waals surface area contributed by atoms with Crippen molar-refractivity contribution in [2.75, 3.05) is 23.4 Å². The van der Waals surface area contributed by atoms with Gasteiger partial charge in [0.25, 0.3) is 5.91 Å². The van der Waals surface area contributed by atoms with E-state index in [1.807, 2.05) is 0 Å². The molecule has 6 nitrogen and oxygen atoms in total. The van der Waals surface area contributed by atoms with Crippen LogP contribution in [0.25, 0.3) is 0 Å². The number of nitrogens with one attached hydrogen (secondary N) is 1. The normalized spacial score (nSPS) is 13.9. The molecule has 7 heteroatoms. The van der Waals surface area contributed by atoms with Gasteiger partial charge in [0.1, 0.15) is 5.82 Å². The monoisotopic (exact) mass is 329 g/mol. The number of carbonyl (C=O) groups excluding carboxylic acids is 2. The van der Waals surface area contributed by atoms with Crippen molar-refractivity contribution in [1.82, 2.24) is 4.98 Å². The zero-order chi connectivity index (χ0) is 16.9. The fraction of sp³-hybridized carbons (Fsp3) is 0.235. The zero-order valence-corrected chi connectivity index (χ0v) is 12.9. The molecule has 0 spiro atoms. The molecular formula is C17H16FN3O3. The van der Waals surface area contributed by atoms with Crippen molar-refractivity contribution in [3.63, 3.8) is 0 Å². The van der Waals surface area contributed by atoms with E-state index in [4.69, 9.17) is 4.74 Å². The number of rotatable bonds is 5. The fourth-order valence-corrected chi connectivity index (χ4v) is 2.42. The molecule has 3 rings (SSSR count). The smallest absolute Gasteiger partial charge is 0.263 e. The Morgan fingerprint density at radius 2 is 2.12 bits per heavy atom. The quantitative estimate of drug-likeness (QED) is 0.914. The number of anilines is 2. The molecule has 1 saturated heterocycles. The number of hydrogen-bond donors (Lipinski definition) is 1. The van der Waals surface area contributed by atoms with Crippen LogP contribution in [0.15, 0.2) is 42.6 Å². The molecule has 1 N–H and O–H groups in total. The molecule has 124 valence electrons. The third-order valence-corrected chi connectivity index (χ3v) is 3.60. The number of carbonyl (C=O) groups is 2. The van der Waals surface area contributed by atoms with Crippen LogP contribution in [0.3, 0.4) is 0 Å². The van der Waals surface area contributed by atoms with Gasteiger partial charge in [-0.3, -0.25) is 9.59 Å². The highest BCUT2D eigenvalue weighted by molar-refractivity contribution is 5.95. The molecule has 0 atom stereocenters. The highest BCUT2D eigenvalue weighted by Crippen LogP contribution is 2.21. The predicted octanol–water partition coefficient (Wildman–Crippen LogP) is 2.37. The molecule has 0 aliphatic carbocycles. The van der Waals surface area contributed by atoms with Gasteiger partial charge in [-0.2, -0.15) is 0 Å². The average molecular weight is 329 g/mol. The third kappa shape index (κ3) is 3.68. The maximum atomic E-state index is 13.4. The summed E-state index contributed by atoms with van der Waals surface area (Å²) in [6.07, 6.45) is 2.92. The van der Waals surface area contributed by atoms with Gasteiger partial charge in [0, 0.05) is 13.0 Å². The molecule has 0 bridgehead atoms.